The lowest BCUT2D eigenvalue weighted by Crippen LogP contribution is -2.30. The van der Waals surface area contributed by atoms with Crippen molar-refractivity contribution in [1.29, 1.82) is 0 Å². The first-order valence-corrected chi connectivity index (χ1v) is 7.29. The maximum Gasteiger partial charge on any atom is 0.286 e. The van der Waals surface area contributed by atoms with Gasteiger partial charge in [-0.3, -0.25) is 9.59 Å². The Hall–Kier alpha value is -2.28. The zero-order chi connectivity index (χ0) is 15.4. The number of hydrogen-bond acceptors (Lipinski definition) is 5. The number of nitrogens with one attached hydrogen (secondary N) is 2. The van der Waals surface area contributed by atoms with Gasteiger partial charge in [-0.1, -0.05) is 11.3 Å². The lowest BCUT2D eigenvalue weighted by Gasteiger charge is -2.09. The molecule has 0 atom stereocenters. The maximum atomic E-state index is 11.9. The van der Waals surface area contributed by atoms with Gasteiger partial charge in [0.25, 0.3) is 11.8 Å². The summed E-state index contributed by atoms with van der Waals surface area (Å²) in [6.45, 7) is 5.59. The fourth-order valence-electron chi connectivity index (χ4n) is 1.62. The second kappa shape index (κ2) is 6.45. The van der Waals surface area contributed by atoms with Crippen LogP contribution in [-0.2, 0) is 0 Å². The van der Waals surface area contributed by atoms with Gasteiger partial charge >= 0.3 is 0 Å². The monoisotopic (exact) mass is 304 g/mol. The predicted octanol–water partition coefficient (Wildman–Crippen LogP) is 2.24. The molecule has 0 unspecified atom stereocenters. The quantitative estimate of drug-likeness (QED) is 0.907. The molecule has 21 heavy (non-hydrogen) atoms. The van der Waals surface area contributed by atoms with E-state index in [-0.39, 0.29) is 17.9 Å². The Morgan fingerprint density at radius 2 is 1.76 bits per heavy atom. The highest BCUT2D eigenvalue weighted by molar-refractivity contribution is 7.13. The summed E-state index contributed by atoms with van der Waals surface area (Å²) < 4.78 is 0. The zero-order valence-corrected chi connectivity index (χ0v) is 12.8. The van der Waals surface area contributed by atoms with Crippen molar-refractivity contribution < 1.29 is 9.59 Å². The van der Waals surface area contributed by atoms with Crippen LogP contribution in [0.5, 0.6) is 0 Å². The molecule has 0 aliphatic heterocycles. The number of aryl methyl sites for hydroxylation is 1. The van der Waals surface area contributed by atoms with E-state index >= 15 is 0 Å². The summed E-state index contributed by atoms with van der Waals surface area (Å²) in [7, 11) is 0. The van der Waals surface area contributed by atoms with Crippen molar-refractivity contribution >= 4 is 28.8 Å². The number of carbonyl (C=O) groups excluding carboxylic acids is 2. The van der Waals surface area contributed by atoms with Crippen molar-refractivity contribution in [2.75, 3.05) is 5.32 Å². The summed E-state index contributed by atoms with van der Waals surface area (Å²) in [5, 5.41) is 14.2. The zero-order valence-electron chi connectivity index (χ0n) is 12.0. The number of benzene rings is 1. The molecule has 0 saturated carbocycles. The van der Waals surface area contributed by atoms with Gasteiger partial charge in [0, 0.05) is 17.3 Å². The summed E-state index contributed by atoms with van der Waals surface area (Å²) in [6.07, 6.45) is 0. The van der Waals surface area contributed by atoms with Crippen LogP contribution in [0, 0.1) is 6.92 Å². The average molecular weight is 304 g/mol. The standard InChI is InChI=1S/C14H16N4O2S/c1-8(2)15-12(19)10-4-6-11(7-5-10)16-13(20)14-18-17-9(3)21-14/h4-8H,1-3H3,(H,15,19)(H,16,20). The molecule has 0 saturated heterocycles. The van der Waals surface area contributed by atoms with Gasteiger partial charge in [0.2, 0.25) is 5.01 Å². The van der Waals surface area contributed by atoms with Crippen molar-refractivity contribution in [1.82, 2.24) is 15.5 Å². The SMILES string of the molecule is Cc1nnc(C(=O)Nc2ccc(C(=O)NC(C)C)cc2)s1. The molecule has 0 fully saturated rings. The molecule has 2 N–H and O–H groups in total. The minimum atomic E-state index is -0.306. The Labute approximate surface area is 126 Å². The first-order chi connectivity index (χ1) is 9.95. The fraction of sp³-hybridized carbons (Fsp3) is 0.286. The van der Waals surface area contributed by atoms with Crippen LogP contribution in [0.3, 0.4) is 0 Å². The van der Waals surface area contributed by atoms with Crippen molar-refractivity contribution in [3.8, 4) is 0 Å². The van der Waals surface area contributed by atoms with Crippen molar-refractivity contribution in [2.45, 2.75) is 26.8 Å². The van der Waals surface area contributed by atoms with Gasteiger partial charge < -0.3 is 10.6 Å². The average Bonchev–Trinajstić information content (AvgIpc) is 2.85. The number of rotatable bonds is 4. The molecule has 0 aliphatic rings. The van der Waals surface area contributed by atoms with Crippen molar-refractivity contribution in [3.63, 3.8) is 0 Å². The minimum absolute atomic E-state index is 0.0810. The molecule has 2 amide bonds. The smallest absolute Gasteiger partial charge is 0.286 e. The van der Waals surface area contributed by atoms with Crippen LogP contribution >= 0.6 is 11.3 Å². The van der Waals surface area contributed by atoms with Crippen LogP contribution in [-0.4, -0.2) is 28.1 Å². The summed E-state index contributed by atoms with van der Waals surface area (Å²) >= 11 is 1.23. The van der Waals surface area contributed by atoms with E-state index in [9.17, 15) is 9.59 Å². The van der Waals surface area contributed by atoms with Gasteiger partial charge in [-0.25, -0.2) is 0 Å². The second-order valence-electron chi connectivity index (χ2n) is 4.79. The van der Waals surface area contributed by atoms with E-state index < -0.39 is 0 Å². The first kappa shape index (κ1) is 15.1. The van der Waals surface area contributed by atoms with Gasteiger partial charge in [-0.15, -0.1) is 10.2 Å². The molecule has 6 nitrogen and oxygen atoms in total. The number of nitrogens with zero attached hydrogens (tertiary/aromatic N) is 2. The third-order valence-electron chi connectivity index (χ3n) is 2.54. The molecule has 1 aromatic heterocycles. The molecule has 110 valence electrons. The van der Waals surface area contributed by atoms with Crippen molar-refractivity contribution in [2.24, 2.45) is 0 Å². The van der Waals surface area contributed by atoms with E-state index in [4.69, 9.17) is 0 Å². The van der Waals surface area contributed by atoms with E-state index in [1.54, 1.807) is 31.2 Å². The second-order valence-corrected chi connectivity index (χ2v) is 5.97. The van der Waals surface area contributed by atoms with Crippen LogP contribution in [0.15, 0.2) is 24.3 Å². The lowest BCUT2D eigenvalue weighted by molar-refractivity contribution is 0.0942. The molecule has 1 aromatic carbocycles. The normalized spacial score (nSPS) is 10.5. The highest BCUT2D eigenvalue weighted by Crippen LogP contribution is 2.13. The molecule has 0 radical (unpaired) electrons. The van der Waals surface area contributed by atoms with Crippen LogP contribution in [0.1, 0.15) is 39.0 Å². The number of carbonyl (C=O) groups is 2. The van der Waals surface area contributed by atoms with E-state index in [0.717, 1.165) is 5.01 Å². The van der Waals surface area contributed by atoms with E-state index in [1.165, 1.54) is 11.3 Å². The highest BCUT2D eigenvalue weighted by Gasteiger charge is 2.12. The van der Waals surface area contributed by atoms with Gasteiger partial charge in [0.1, 0.15) is 5.01 Å². The Morgan fingerprint density at radius 1 is 1.10 bits per heavy atom. The topological polar surface area (TPSA) is 84.0 Å². The molecular weight excluding hydrogens is 288 g/mol. The number of aromatic nitrogens is 2. The fourth-order valence-corrected chi connectivity index (χ4v) is 2.21. The Balaban J connectivity index is 2.02. The molecule has 1 heterocycles. The van der Waals surface area contributed by atoms with Crippen LogP contribution in [0.4, 0.5) is 5.69 Å². The number of hydrogen-bond donors (Lipinski definition) is 2. The summed E-state index contributed by atoms with van der Waals surface area (Å²) in [5.41, 5.74) is 1.16. The molecular formula is C14H16N4O2S. The maximum absolute atomic E-state index is 11.9. The van der Waals surface area contributed by atoms with Gasteiger partial charge in [-0.05, 0) is 45.0 Å². The molecule has 2 rings (SSSR count). The molecule has 2 aromatic rings. The Bertz CT molecular complexity index is 649. The van der Waals surface area contributed by atoms with Crippen molar-refractivity contribution in [3.05, 3.63) is 39.8 Å². The molecule has 0 bridgehead atoms. The number of amides is 2. The van der Waals surface area contributed by atoms with Gasteiger partial charge in [0.15, 0.2) is 0 Å². The summed E-state index contributed by atoms with van der Waals surface area (Å²) in [4.78, 5) is 23.7. The Morgan fingerprint density at radius 3 is 2.29 bits per heavy atom. The van der Waals surface area contributed by atoms with Crippen LogP contribution < -0.4 is 10.6 Å². The highest BCUT2D eigenvalue weighted by atomic mass is 32.1. The largest absolute Gasteiger partial charge is 0.350 e. The molecule has 7 heteroatoms. The Kier molecular flexibility index (Phi) is 4.64. The third kappa shape index (κ3) is 4.09. The first-order valence-electron chi connectivity index (χ1n) is 6.48. The van der Waals surface area contributed by atoms with Gasteiger partial charge in [-0.2, -0.15) is 0 Å². The van der Waals surface area contributed by atoms with E-state index in [0.29, 0.717) is 16.3 Å². The lowest BCUT2D eigenvalue weighted by atomic mass is 10.2. The van der Waals surface area contributed by atoms with Crippen LogP contribution in [0.25, 0.3) is 0 Å². The summed E-state index contributed by atoms with van der Waals surface area (Å²) in [6, 6.07) is 6.77. The molecule has 0 spiro atoms. The summed E-state index contributed by atoms with van der Waals surface area (Å²) in [5.74, 6) is -0.442. The number of anilines is 1. The van der Waals surface area contributed by atoms with E-state index in [2.05, 4.69) is 20.8 Å². The van der Waals surface area contributed by atoms with Crippen LogP contribution in [0.2, 0.25) is 0 Å². The van der Waals surface area contributed by atoms with E-state index in [1.807, 2.05) is 13.8 Å². The molecule has 0 aliphatic carbocycles. The third-order valence-corrected chi connectivity index (χ3v) is 3.38. The minimum Gasteiger partial charge on any atom is -0.350 e. The predicted molar refractivity (Wildman–Crippen MR) is 81.6 cm³/mol. The van der Waals surface area contributed by atoms with Gasteiger partial charge in [0.05, 0.1) is 0 Å².